The summed E-state index contributed by atoms with van der Waals surface area (Å²) in [6, 6.07) is 3.21. The molecule has 2 rings (SSSR count). The van der Waals surface area contributed by atoms with Crippen molar-refractivity contribution in [2.75, 3.05) is 18.9 Å². The summed E-state index contributed by atoms with van der Waals surface area (Å²) in [5.41, 5.74) is 1.10. The summed E-state index contributed by atoms with van der Waals surface area (Å²) < 4.78 is 0. The van der Waals surface area contributed by atoms with Crippen LogP contribution in [0.5, 0.6) is 0 Å². The first kappa shape index (κ1) is 14.9. The lowest BCUT2D eigenvalue weighted by Crippen LogP contribution is -2.26. The lowest BCUT2D eigenvalue weighted by Gasteiger charge is -2.08. The van der Waals surface area contributed by atoms with Gasteiger partial charge in [0.15, 0.2) is 0 Å². The summed E-state index contributed by atoms with van der Waals surface area (Å²) in [7, 11) is 1.61. The lowest BCUT2D eigenvalue weighted by atomic mass is 10.2. The monoisotopic (exact) mass is 306 g/mol. The lowest BCUT2D eigenvalue weighted by molar-refractivity contribution is -0.385. The van der Waals surface area contributed by atoms with Crippen molar-refractivity contribution < 1.29 is 9.72 Å². The first-order valence-corrected chi connectivity index (χ1v) is 7.17. The predicted octanol–water partition coefficient (Wildman–Crippen LogP) is 2.07. The number of aromatic nitrogens is 1. The Bertz CT molecular complexity index is 643. The van der Waals surface area contributed by atoms with Gasteiger partial charge in [-0.05, 0) is 28.8 Å². The van der Waals surface area contributed by atoms with Crippen molar-refractivity contribution in [3.05, 3.63) is 50.3 Å². The van der Waals surface area contributed by atoms with Crippen molar-refractivity contribution in [2.24, 2.45) is 0 Å². The van der Waals surface area contributed by atoms with E-state index in [9.17, 15) is 14.9 Å². The van der Waals surface area contributed by atoms with E-state index in [0.29, 0.717) is 18.8 Å². The second-order valence-electron chi connectivity index (χ2n) is 4.23. The van der Waals surface area contributed by atoms with Crippen LogP contribution in [0.25, 0.3) is 0 Å². The molecule has 8 heteroatoms. The zero-order valence-corrected chi connectivity index (χ0v) is 12.1. The van der Waals surface area contributed by atoms with E-state index in [1.54, 1.807) is 18.4 Å². The van der Waals surface area contributed by atoms with Crippen LogP contribution < -0.4 is 10.6 Å². The third-order valence-corrected chi connectivity index (χ3v) is 3.58. The van der Waals surface area contributed by atoms with Crippen LogP contribution in [0, 0.1) is 10.1 Å². The molecule has 0 saturated heterocycles. The van der Waals surface area contributed by atoms with Crippen molar-refractivity contribution >= 4 is 28.7 Å². The van der Waals surface area contributed by atoms with E-state index in [-0.39, 0.29) is 17.2 Å². The SMILES string of the molecule is CNc1ncc([N+](=O)[O-])cc1C(=O)NCCc1ccsc1. The zero-order valence-electron chi connectivity index (χ0n) is 11.3. The Labute approximate surface area is 125 Å². The quantitative estimate of drug-likeness (QED) is 0.629. The molecule has 0 atom stereocenters. The van der Waals surface area contributed by atoms with Crippen LogP contribution in [0.1, 0.15) is 15.9 Å². The molecule has 2 heterocycles. The topological polar surface area (TPSA) is 97.2 Å². The van der Waals surface area contributed by atoms with E-state index in [4.69, 9.17) is 0 Å². The molecule has 0 radical (unpaired) electrons. The molecule has 0 aliphatic heterocycles. The van der Waals surface area contributed by atoms with Crippen LogP contribution in [0.4, 0.5) is 11.5 Å². The van der Waals surface area contributed by atoms with Crippen LogP contribution in [0.2, 0.25) is 0 Å². The highest BCUT2D eigenvalue weighted by Crippen LogP contribution is 2.18. The summed E-state index contributed by atoms with van der Waals surface area (Å²) in [4.78, 5) is 26.2. The van der Waals surface area contributed by atoms with E-state index < -0.39 is 4.92 Å². The minimum atomic E-state index is -0.575. The number of nitrogens with one attached hydrogen (secondary N) is 2. The summed E-state index contributed by atoms with van der Waals surface area (Å²) in [5, 5.41) is 20.2. The molecule has 0 aliphatic rings. The van der Waals surface area contributed by atoms with Gasteiger partial charge in [-0.25, -0.2) is 4.98 Å². The number of thiophene rings is 1. The summed E-state index contributed by atoms with van der Waals surface area (Å²) in [5.74, 6) is -0.0700. The molecular formula is C13H14N4O3S. The molecule has 1 amide bonds. The fourth-order valence-corrected chi connectivity index (χ4v) is 2.48. The fourth-order valence-electron chi connectivity index (χ4n) is 1.78. The van der Waals surface area contributed by atoms with Gasteiger partial charge in [-0.3, -0.25) is 14.9 Å². The molecule has 0 unspecified atom stereocenters. The molecular weight excluding hydrogens is 292 g/mol. The number of amides is 1. The van der Waals surface area contributed by atoms with Crippen LogP contribution in [0.3, 0.4) is 0 Å². The van der Waals surface area contributed by atoms with E-state index in [0.717, 1.165) is 11.8 Å². The molecule has 0 spiro atoms. The van der Waals surface area contributed by atoms with Crippen LogP contribution >= 0.6 is 11.3 Å². The molecule has 110 valence electrons. The second-order valence-corrected chi connectivity index (χ2v) is 5.01. The maximum atomic E-state index is 12.1. The number of rotatable bonds is 6. The number of carbonyl (C=O) groups is 1. The van der Waals surface area contributed by atoms with Gasteiger partial charge >= 0.3 is 0 Å². The molecule has 2 aromatic rings. The molecule has 2 aromatic heterocycles. The number of hydrogen-bond acceptors (Lipinski definition) is 6. The van der Waals surface area contributed by atoms with E-state index in [2.05, 4.69) is 15.6 Å². The maximum absolute atomic E-state index is 12.1. The molecule has 21 heavy (non-hydrogen) atoms. The van der Waals surface area contributed by atoms with Gasteiger partial charge in [-0.15, -0.1) is 0 Å². The van der Waals surface area contributed by atoms with Gasteiger partial charge in [-0.2, -0.15) is 11.3 Å². The number of pyridine rings is 1. The average Bonchev–Trinajstić information content (AvgIpc) is 2.99. The first-order valence-electron chi connectivity index (χ1n) is 6.23. The van der Waals surface area contributed by atoms with Gasteiger partial charge in [0.2, 0.25) is 0 Å². The van der Waals surface area contributed by atoms with Crippen molar-refractivity contribution in [3.63, 3.8) is 0 Å². The first-order chi connectivity index (χ1) is 10.1. The van der Waals surface area contributed by atoms with Gasteiger partial charge in [0.1, 0.15) is 12.0 Å². The smallest absolute Gasteiger partial charge is 0.288 e. The van der Waals surface area contributed by atoms with Crippen molar-refractivity contribution in [2.45, 2.75) is 6.42 Å². The summed E-state index contributed by atoms with van der Waals surface area (Å²) in [6.07, 6.45) is 1.83. The highest BCUT2D eigenvalue weighted by Gasteiger charge is 2.17. The van der Waals surface area contributed by atoms with Gasteiger partial charge in [-0.1, -0.05) is 0 Å². The Balaban J connectivity index is 2.06. The third kappa shape index (κ3) is 3.76. The highest BCUT2D eigenvalue weighted by molar-refractivity contribution is 7.07. The van der Waals surface area contributed by atoms with Crippen molar-refractivity contribution in [3.8, 4) is 0 Å². The Hall–Kier alpha value is -2.48. The van der Waals surface area contributed by atoms with E-state index in [1.807, 2.05) is 16.8 Å². The Kier molecular flexibility index (Phi) is 4.83. The number of hydrogen-bond donors (Lipinski definition) is 2. The molecule has 0 aromatic carbocycles. The van der Waals surface area contributed by atoms with E-state index in [1.165, 1.54) is 6.07 Å². The molecule has 0 bridgehead atoms. The van der Waals surface area contributed by atoms with Gasteiger partial charge in [0, 0.05) is 19.7 Å². The van der Waals surface area contributed by atoms with Gasteiger partial charge < -0.3 is 10.6 Å². The minimum absolute atomic E-state index is 0.164. The molecule has 7 nitrogen and oxygen atoms in total. The second kappa shape index (κ2) is 6.80. The van der Waals surface area contributed by atoms with Crippen LogP contribution in [0.15, 0.2) is 29.1 Å². The minimum Gasteiger partial charge on any atom is -0.372 e. The highest BCUT2D eigenvalue weighted by atomic mass is 32.1. The largest absolute Gasteiger partial charge is 0.372 e. The Morgan fingerprint density at radius 1 is 1.52 bits per heavy atom. The van der Waals surface area contributed by atoms with Crippen molar-refractivity contribution in [1.29, 1.82) is 0 Å². The summed E-state index contributed by atoms with van der Waals surface area (Å²) >= 11 is 1.60. The maximum Gasteiger partial charge on any atom is 0.288 e. The third-order valence-electron chi connectivity index (χ3n) is 2.84. The average molecular weight is 306 g/mol. The van der Waals surface area contributed by atoms with Gasteiger partial charge in [0.25, 0.3) is 11.6 Å². The molecule has 0 aliphatic carbocycles. The zero-order chi connectivity index (χ0) is 15.2. The molecule has 0 saturated carbocycles. The Morgan fingerprint density at radius 2 is 2.33 bits per heavy atom. The Morgan fingerprint density at radius 3 is 2.95 bits per heavy atom. The predicted molar refractivity (Wildman–Crippen MR) is 80.8 cm³/mol. The number of anilines is 1. The van der Waals surface area contributed by atoms with Crippen LogP contribution in [-0.4, -0.2) is 29.4 Å². The standard InChI is InChI=1S/C13H14N4O3S/c1-14-12-11(6-10(7-16-12)17(19)20)13(18)15-4-2-9-3-5-21-8-9/h3,5-8H,2,4H2,1H3,(H,14,16)(H,15,18). The number of nitrogens with zero attached hydrogens (tertiary/aromatic N) is 2. The molecule has 2 N–H and O–H groups in total. The normalized spacial score (nSPS) is 10.1. The van der Waals surface area contributed by atoms with Gasteiger partial charge in [0.05, 0.1) is 10.5 Å². The number of carbonyl (C=O) groups excluding carboxylic acids is 1. The fraction of sp³-hybridized carbons (Fsp3) is 0.231. The number of nitro groups is 1. The van der Waals surface area contributed by atoms with E-state index >= 15 is 0 Å². The molecule has 0 fully saturated rings. The van der Waals surface area contributed by atoms with Crippen LogP contribution in [-0.2, 0) is 6.42 Å². The van der Waals surface area contributed by atoms with Crippen molar-refractivity contribution in [1.82, 2.24) is 10.3 Å². The summed E-state index contributed by atoms with van der Waals surface area (Å²) in [6.45, 7) is 0.460.